The number of nitrogens with zero attached hydrogens (tertiary/aromatic N) is 2. The van der Waals surface area contributed by atoms with Gasteiger partial charge in [0.1, 0.15) is 0 Å². The number of hydrogen-bond donors (Lipinski definition) is 1. The molecular formula is C17H28N2O. The molecule has 3 nitrogen and oxygen atoms in total. The zero-order valence-electron chi connectivity index (χ0n) is 12.5. The smallest absolute Gasteiger partial charge is 0.0745 e. The van der Waals surface area contributed by atoms with Crippen molar-refractivity contribution in [3.8, 4) is 0 Å². The fraction of sp³-hybridized carbons (Fsp3) is 0.824. The fourth-order valence-electron chi connectivity index (χ4n) is 4.48. The van der Waals surface area contributed by atoms with E-state index in [9.17, 15) is 5.21 Å². The molecule has 3 rings (SSSR count). The SMILES string of the molecule is O/N=C1/CCC=CCC[C@H]1N1CC[C@@H]2CCCC[C@H]2C1. The molecule has 3 atom stereocenters. The molecule has 0 aromatic heterocycles. The average molecular weight is 276 g/mol. The maximum Gasteiger partial charge on any atom is 0.0745 e. The zero-order chi connectivity index (χ0) is 13.8. The number of likely N-dealkylation sites (tertiary alicyclic amines) is 1. The maximum atomic E-state index is 9.38. The second-order valence-electron chi connectivity index (χ2n) is 6.78. The minimum Gasteiger partial charge on any atom is -0.411 e. The number of oxime groups is 1. The van der Waals surface area contributed by atoms with Crippen molar-refractivity contribution in [1.29, 1.82) is 0 Å². The van der Waals surface area contributed by atoms with Gasteiger partial charge in [-0.05, 0) is 56.9 Å². The summed E-state index contributed by atoms with van der Waals surface area (Å²) in [5.74, 6) is 1.88. The van der Waals surface area contributed by atoms with E-state index in [-0.39, 0.29) is 0 Å². The predicted molar refractivity (Wildman–Crippen MR) is 82.3 cm³/mol. The second-order valence-corrected chi connectivity index (χ2v) is 6.78. The minimum absolute atomic E-state index is 0.382. The highest BCUT2D eigenvalue weighted by molar-refractivity contribution is 5.89. The van der Waals surface area contributed by atoms with Crippen LogP contribution in [0.1, 0.15) is 57.8 Å². The van der Waals surface area contributed by atoms with Gasteiger partial charge in [-0.25, -0.2) is 0 Å². The van der Waals surface area contributed by atoms with Gasteiger partial charge in [0.25, 0.3) is 0 Å². The van der Waals surface area contributed by atoms with Gasteiger partial charge < -0.3 is 5.21 Å². The van der Waals surface area contributed by atoms with E-state index in [4.69, 9.17) is 0 Å². The van der Waals surface area contributed by atoms with Crippen LogP contribution < -0.4 is 0 Å². The first-order chi connectivity index (χ1) is 9.88. The van der Waals surface area contributed by atoms with E-state index >= 15 is 0 Å². The quantitative estimate of drug-likeness (QED) is 0.449. The number of piperidine rings is 1. The summed E-state index contributed by atoms with van der Waals surface area (Å²) in [7, 11) is 0. The molecule has 3 aliphatic rings. The molecule has 0 aromatic rings. The van der Waals surface area contributed by atoms with E-state index in [1.165, 1.54) is 45.2 Å². The van der Waals surface area contributed by atoms with Gasteiger partial charge in [0.15, 0.2) is 0 Å². The van der Waals surface area contributed by atoms with Gasteiger partial charge in [0.05, 0.1) is 11.8 Å². The van der Waals surface area contributed by atoms with Crippen LogP contribution in [0.25, 0.3) is 0 Å². The normalized spacial score (nSPS) is 38.2. The standard InChI is InChI=1S/C17H28N2O/c20-18-16-9-3-1-2-4-10-17(16)19-12-11-14-7-5-6-8-15(14)13-19/h1-2,14-15,17,20H,3-13H2/b2-1?,18-16-/t14-,15-,17+/m0/s1. The van der Waals surface area contributed by atoms with Gasteiger partial charge in [-0.1, -0.05) is 36.6 Å². The Bertz CT molecular complexity index is 377. The van der Waals surface area contributed by atoms with Crippen molar-refractivity contribution in [2.75, 3.05) is 13.1 Å². The van der Waals surface area contributed by atoms with Crippen LogP contribution in [0.5, 0.6) is 0 Å². The first-order valence-electron chi connectivity index (χ1n) is 8.48. The third kappa shape index (κ3) is 3.08. The van der Waals surface area contributed by atoms with Crippen molar-refractivity contribution in [2.45, 2.75) is 63.8 Å². The monoisotopic (exact) mass is 276 g/mol. The number of allylic oxidation sites excluding steroid dienone is 2. The van der Waals surface area contributed by atoms with Crippen molar-refractivity contribution in [1.82, 2.24) is 4.90 Å². The van der Waals surface area contributed by atoms with Gasteiger partial charge in [-0.3, -0.25) is 4.90 Å². The molecule has 0 radical (unpaired) electrons. The van der Waals surface area contributed by atoms with Crippen LogP contribution in [0, 0.1) is 11.8 Å². The van der Waals surface area contributed by atoms with E-state index < -0.39 is 0 Å². The van der Waals surface area contributed by atoms with Crippen molar-refractivity contribution in [3.63, 3.8) is 0 Å². The summed E-state index contributed by atoms with van der Waals surface area (Å²) < 4.78 is 0. The van der Waals surface area contributed by atoms with Crippen LogP contribution in [0.15, 0.2) is 17.3 Å². The third-order valence-electron chi connectivity index (χ3n) is 5.62. The van der Waals surface area contributed by atoms with E-state index in [1.54, 1.807) is 0 Å². The molecule has 1 N–H and O–H groups in total. The Morgan fingerprint density at radius 3 is 2.65 bits per heavy atom. The molecule has 112 valence electrons. The maximum absolute atomic E-state index is 9.38. The van der Waals surface area contributed by atoms with Crippen molar-refractivity contribution in [3.05, 3.63) is 12.2 Å². The lowest BCUT2D eigenvalue weighted by atomic mass is 9.74. The van der Waals surface area contributed by atoms with Crippen molar-refractivity contribution in [2.24, 2.45) is 17.0 Å². The molecule has 0 bridgehead atoms. The molecule has 1 saturated heterocycles. The minimum atomic E-state index is 0.382. The number of fused-ring (bicyclic) bond motifs is 1. The molecule has 1 heterocycles. The van der Waals surface area contributed by atoms with Gasteiger partial charge >= 0.3 is 0 Å². The molecule has 3 heteroatoms. The summed E-state index contributed by atoms with van der Waals surface area (Å²) in [5, 5.41) is 13.0. The van der Waals surface area contributed by atoms with Gasteiger partial charge in [-0.15, -0.1) is 0 Å². The topological polar surface area (TPSA) is 35.8 Å². The van der Waals surface area contributed by atoms with E-state index in [2.05, 4.69) is 22.2 Å². The zero-order valence-corrected chi connectivity index (χ0v) is 12.5. The Kier molecular flexibility index (Phi) is 4.77. The highest BCUT2D eigenvalue weighted by Crippen LogP contribution is 2.37. The molecule has 2 fully saturated rings. The molecule has 0 amide bonds. The summed E-state index contributed by atoms with van der Waals surface area (Å²) >= 11 is 0. The van der Waals surface area contributed by atoms with Crippen molar-refractivity contribution < 1.29 is 5.21 Å². The summed E-state index contributed by atoms with van der Waals surface area (Å²) in [6, 6.07) is 0.382. The highest BCUT2D eigenvalue weighted by Gasteiger charge is 2.35. The lowest BCUT2D eigenvalue weighted by Crippen LogP contribution is -2.49. The van der Waals surface area contributed by atoms with Crippen LogP contribution in [-0.4, -0.2) is 35.0 Å². The van der Waals surface area contributed by atoms with E-state index in [0.717, 1.165) is 43.2 Å². The lowest BCUT2D eigenvalue weighted by molar-refractivity contribution is 0.0709. The van der Waals surface area contributed by atoms with Gasteiger partial charge in [0, 0.05) is 6.54 Å². The molecule has 1 saturated carbocycles. The summed E-state index contributed by atoms with van der Waals surface area (Å²) in [6.07, 6.45) is 15.8. The molecule has 0 unspecified atom stereocenters. The summed E-state index contributed by atoms with van der Waals surface area (Å²) in [6.45, 7) is 2.44. The summed E-state index contributed by atoms with van der Waals surface area (Å²) in [4.78, 5) is 2.63. The molecule has 20 heavy (non-hydrogen) atoms. The van der Waals surface area contributed by atoms with E-state index in [1.807, 2.05) is 0 Å². The summed E-state index contributed by atoms with van der Waals surface area (Å²) in [5.41, 5.74) is 1.02. The van der Waals surface area contributed by atoms with Gasteiger partial charge in [-0.2, -0.15) is 0 Å². The average Bonchev–Trinajstić information content (AvgIpc) is 2.47. The Labute approximate surface area is 122 Å². The number of rotatable bonds is 1. The molecule has 0 spiro atoms. The van der Waals surface area contributed by atoms with Crippen molar-refractivity contribution >= 4 is 5.71 Å². The third-order valence-corrected chi connectivity index (χ3v) is 5.62. The molecular weight excluding hydrogens is 248 g/mol. The largest absolute Gasteiger partial charge is 0.411 e. The first-order valence-corrected chi connectivity index (χ1v) is 8.48. The lowest BCUT2D eigenvalue weighted by Gasteiger charge is -2.44. The molecule has 1 aliphatic heterocycles. The van der Waals surface area contributed by atoms with E-state index in [0.29, 0.717) is 6.04 Å². The van der Waals surface area contributed by atoms with Crippen LogP contribution in [0.3, 0.4) is 0 Å². The second kappa shape index (κ2) is 6.75. The molecule has 0 aromatic carbocycles. The Balaban J connectivity index is 1.68. The fourth-order valence-corrected chi connectivity index (χ4v) is 4.48. The Morgan fingerprint density at radius 2 is 1.80 bits per heavy atom. The van der Waals surface area contributed by atoms with Crippen LogP contribution in [0.2, 0.25) is 0 Å². The number of hydrogen-bond acceptors (Lipinski definition) is 3. The van der Waals surface area contributed by atoms with Crippen LogP contribution in [-0.2, 0) is 0 Å². The highest BCUT2D eigenvalue weighted by atomic mass is 16.4. The van der Waals surface area contributed by atoms with Crippen LogP contribution >= 0.6 is 0 Å². The first kappa shape index (κ1) is 14.1. The van der Waals surface area contributed by atoms with Crippen LogP contribution in [0.4, 0.5) is 0 Å². The van der Waals surface area contributed by atoms with Gasteiger partial charge in [0.2, 0.25) is 0 Å². The Morgan fingerprint density at radius 1 is 1.00 bits per heavy atom. The predicted octanol–water partition coefficient (Wildman–Crippen LogP) is 3.83. The molecule has 2 aliphatic carbocycles. The Hall–Kier alpha value is -0.830.